The van der Waals surface area contributed by atoms with Crippen LogP contribution < -0.4 is 0 Å². The maximum Gasteiger partial charge on any atom is 0.0538 e. The molecular formula is C17H31NO. The summed E-state index contributed by atoms with van der Waals surface area (Å²) >= 11 is 0. The standard InChI is InChI=1S/C17H31NO/c1-13(2)19-12-17(7-8-17)11-18-14-5-6-15(18)10-16(3,4)9-14/h13-15H,5-12H2,1-4H3. The van der Waals surface area contributed by atoms with Gasteiger partial charge in [-0.25, -0.2) is 0 Å². The Kier molecular flexibility index (Phi) is 3.46. The molecule has 2 heteroatoms. The molecule has 2 heterocycles. The second kappa shape index (κ2) is 4.73. The maximum atomic E-state index is 5.92. The Labute approximate surface area is 118 Å². The van der Waals surface area contributed by atoms with Crippen molar-refractivity contribution in [2.75, 3.05) is 13.2 Å². The largest absolute Gasteiger partial charge is 0.378 e. The van der Waals surface area contributed by atoms with Gasteiger partial charge < -0.3 is 4.74 Å². The van der Waals surface area contributed by atoms with Crippen molar-refractivity contribution in [2.24, 2.45) is 10.8 Å². The van der Waals surface area contributed by atoms with Crippen molar-refractivity contribution in [1.29, 1.82) is 0 Å². The summed E-state index contributed by atoms with van der Waals surface area (Å²) in [6.45, 7) is 11.5. The molecule has 0 aromatic rings. The number of ether oxygens (including phenoxy) is 1. The molecule has 0 radical (unpaired) electrons. The SMILES string of the molecule is CC(C)OCC1(CN2C3CCC2CC(C)(C)C3)CC1. The van der Waals surface area contributed by atoms with Gasteiger partial charge in [0.2, 0.25) is 0 Å². The Balaban J connectivity index is 1.59. The van der Waals surface area contributed by atoms with Gasteiger partial charge in [0, 0.05) is 24.0 Å². The van der Waals surface area contributed by atoms with E-state index in [9.17, 15) is 0 Å². The Morgan fingerprint density at radius 2 is 1.68 bits per heavy atom. The van der Waals surface area contributed by atoms with Gasteiger partial charge in [0.15, 0.2) is 0 Å². The molecule has 2 atom stereocenters. The first-order valence-electron chi connectivity index (χ1n) is 8.27. The summed E-state index contributed by atoms with van der Waals surface area (Å²) in [5.74, 6) is 0. The molecule has 3 aliphatic rings. The van der Waals surface area contributed by atoms with Gasteiger partial charge in [0.25, 0.3) is 0 Å². The Bertz CT molecular complexity index is 316. The van der Waals surface area contributed by atoms with Crippen LogP contribution in [0, 0.1) is 10.8 Å². The molecule has 3 rings (SSSR count). The molecule has 2 nitrogen and oxygen atoms in total. The Morgan fingerprint density at radius 3 is 2.16 bits per heavy atom. The van der Waals surface area contributed by atoms with Crippen molar-refractivity contribution in [1.82, 2.24) is 4.90 Å². The quantitative estimate of drug-likeness (QED) is 0.749. The molecule has 0 aromatic carbocycles. The first-order valence-corrected chi connectivity index (χ1v) is 8.27. The summed E-state index contributed by atoms with van der Waals surface area (Å²) in [5.41, 5.74) is 1.10. The summed E-state index contributed by atoms with van der Waals surface area (Å²) in [7, 11) is 0. The summed E-state index contributed by atoms with van der Waals surface area (Å²) in [4.78, 5) is 2.86. The van der Waals surface area contributed by atoms with E-state index < -0.39 is 0 Å². The van der Waals surface area contributed by atoms with Crippen LogP contribution in [0.2, 0.25) is 0 Å². The van der Waals surface area contributed by atoms with Crippen molar-refractivity contribution < 1.29 is 4.74 Å². The highest BCUT2D eigenvalue weighted by atomic mass is 16.5. The highest BCUT2D eigenvalue weighted by Crippen LogP contribution is 2.51. The van der Waals surface area contributed by atoms with Crippen molar-refractivity contribution in [3.05, 3.63) is 0 Å². The number of hydrogen-bond acceptors (Lipinski definition) is 2. The minimum absolute atomic E-state index is 0.384. The summed E-state index contributed by atoms with van der Waals surface area (Å²) in [6, 6.07) is 1.73. The minimum atomic E-state index is 0.384. The average Bonchev–Trinajstić information content (AvgIpc) is 3.01. The molecular weight excluding hydrogens is 234 g/mol. The fourth-order valence-electron chi connectivity index (χ4n) is 4.33. The second-order valence-corrected chi connectivity index (χ2v) is 8.49. The molecule has 3 fully saturated rings. The summed E-state index contributed by atoms with van der Waals surface area (Å²) in [5, 5.41) is 0. The highest BCUT2D eigenvalue weighted by Gasteiger charge is 2.50. The molecule has 2 aliphatic heterocycles. The van der Waals surface area contributed by atoms with Gasteiger partial charge in [-0.05, 0) is 57.8 Å². The van der Waals surface area contributed by atoms with Crippen molar-refractivity contribution >= 4 is 0 Å². The highest BCUT2D eigenvalue weighted by molar-refractivity contribution is 5.04. The zero-order valence-electron chi connectivity index (χ0n) is 13.2. The van der Waals surface area contributed by atoms with E-state index in [0.717, 1.165) is 18.7 Å². The maximum absolute atomic E-state index is 5.92. The number of nitrogens with zero attached hydrogens (tertiary/aromatic N) is 1. The first kappa shape index (κ1) is 13.9. The van der Waals surface area contributed by atoms with Gasteiger partial charge >= 0.3 is 0 Å². The van der Waals surface area contributed by atoms with Gasteiger partial charge in [-0.15, -0.1) is 0 Å². The van der Waals surface area contributed by atoms with Gasteiger partial charge in [0.05, 0.1) is 12.7 Å². The number of piperidine rings is 1. The average molecular weight is 265 g/mol. The molecule has 0 N–H and O–H groups in total. The first-order chi connectivity index (χ1) is 8.89. The van der Waals surface area contributed by atoms with Crippen LogP contribution in [0.15, 0.2) is 0 Å². The van der Waals surface area contributed by atoms with Crippen LogP contribution in [-0.2, 0) is 4.74 Å². The van der Waals surface area contributed by atoms with Crippen LogP contribution in [0.3, 0.4) is 0 Å². The molecule has 0 amide bonds. The third kappa shape index (κ3) is 3.00. The monoisotopic (exact) mass is 265 g/mol. The fourth-order valence-corrected chi connectivity index (χ4v) is 4.33. The van der Waals surface area contributed by atoms with E-state index in [-0.39, 0.29) is 0 Å². The van der Waals surface area contributed by atoms with Gasteiger partial charge in [-0.2, -0.15) is 0 Å². The number of fused-ring (bicyclic) bond motifs is 2. The van der Waals surface area contributed by atoms with Crippen LogP contribution in [0.1, 0.15) is 66.2 Å². The zero-order valence-corrected chi connectivity index (χ0v) is 13.2. The Morgan fingerprint density at radius 1 is 1.11 bits per heavy atom. The van der Waals surface area contributed by atoms with Gasteiger partial charge in [-0.3, -0.25) is 4.90 Å². The minimum Gasteiger partial charge on any atom is -0.378 e. The van der Waals surface area contributed by atoms with Crippen molar-refractivity contribution in [3.8, 4) is 0 Å². The molecule has 2 bridgehead atoms. The smallest absolute Gasteiger partial charge is 0.0538 e. The molecule has 2 saturated heterocycles. The lowest BCUT2D eigenvalue weighted by atomic mass is 9.78. The topological polar surface area (TPSA) is 12.5 Å². The number of rotatable bonds is 5. The molecule has 0 spiro atoms. The summed E-state index contributed by atoms with van der Waals surface area (Å²) in [6.07, 6.45) is 8.85. The molecule has 1 aliphatic carbocycles. The van der Waals surface area contributed by atoms with Crippen LogP contribution in [-0.4, -0.2) is 36.2 Å². The van der Waals surface area contributed by atoms with E-state index >= 15 is 0 Å². The molecule has 19 heavy (non-hydrogen) atoms. The van der Waals surface area contributed by atoms with E-state index in [2.05, 4.69) is 32.6 Å². The third-order valence-corrected chi connectivity index (χ3v) is 5.55. The van der Waals surface area contributed by atoms with Gasteiger partial charge in [0.1, 0.15) is 0 Å². The van der Waals surface area contributed by atoms with Crippen LogP contribution >= 0.6 is 0 Å². The lowest BCUT2D eigenvalue weighted by Crippen LogP contribution is -2.48. The lowest BCUT2D eigenvalue weighted by Gasteiger charge is -2.44. The predicted molar refractivity (Wildman–Crippen MR) is 79.3 cm³/mol. The van der Waals surface area contributed by atoms with Crippen molar-refractivity contribution in [2.45, 2.75) is 84.4 Å². The molecule has 0 aromatic heterocycles. The van der Waals surface area contributed by atoms with E-state index in [1.807, 2.05) is 0 Å². The normalized spacial score (nSPS) is 35.8. The van der Waals surface area contributed by atoms with Crippen molar-refractivity contribution in [3.63, 3.8) is 0 Å². The Hall–Kier alpha value is -0.0800. The zero-order chi connectivity index (χ0) is 13.7. The van der Waals surface area contributed by atoms with Gasteiger partial charge in [-0.1, -0.05) is 13.8 Å². The van der Waals surface area contributed by atoms with Crippen LogP contribution in [0.25, 0.3) is 0 Å². The second-order valence-electron chi connectivity index (χ2n) is 8.49. The molecule has 2 unspecified atom stereocenters. The van der Waals surface area contributed by atoms with Crippen LogP contribution in [0.4, 0.5) is 0 Å². The molecule has 110 valence electrons. The number of hydrogen-bond donors (Lipinski definition) is 0. The molecule has 1 saturated carbocycles. The van der Waals surface area contributed by atoms with E-state index in [4.69, 9.17) is 4.74 Å². The van der Waals surface area contributed by atoms with E-state index in [1.54, 1.807) is 0 Å². The fraction of sp³-hybridized carbons (Fsp3) is 1.00. The summed E-state index contributed by atoms with van der Waals surface area (Å²) < 4.78 is 5.92. The van der Waals surface area contributed by atoms with E-state index in [1.165, 1.54) is 45.1 Å². The van der Waals surface area contributed by atoms with Crippen LogP contribution in [0.5, 0.6) is 0 Å². The lowest BCUT2D eigenvalue weighted by molar-refractivity contribution is 0.00186. The van der Waals surface area contributed by atoms with E-state index in [0.29, 0.717) is 16.9 Å². The predicted octanol–water partition coefficient (Wildman–Crippen LogP) is 3.84. The third-order valence-electron chi connectivity index (χ3n) is 5.55.